The summed E-state index contributed by atoms with van der Waals surface area (Å²) in [5, 5.41) is 16.8. The summed E-state index contributed by atoms with van der Waals surface area (Å²) in [7, 11) is 0. The molecule has 0 aliphatic heterocycles. The number of carboxylic acid groups (broad SMARTS) is 1. The van der Waals surface area contributed by atoms with Crippen molar-refractivity contribution in [3.05, 3.63) is 54.5 Å². The summed E-state index contributed by atoms with van der Waals surface area (Å²) in [4.78, 5) is 23.5. The van der Waals surface area contributed by atoms with E-state index in [4.69, 9.17) is 0 Å². The molecule has 0 atom stereocenters. The summed E-state index contributed by atoms with van der Waals surface area (Å²) in [6.45, 7) is 0.228. The normalized spacial score (nSPS) is 10.5. The molecule has 3 aromatic heterocycles. The van der Waals surface area contributed by atoms with Crippen LogP contribution in [0.5, 0.6) is 0 Å². The third-order valence-corrected chi connectivity index (χ3v) is 2.78. The minimum absolute atomic E-state index is 0.126. The maximum atomic E-state index is 11.3. The van der Waals surface area contributed by atoms with Crippen LogP contribution in [0.15, 0.2) is 43.0 Å². The number of carboxylic acids is 1. The Morgan fingerprint density at radius 2 is 2.00 bits per heavy atom. The number of rotatable bonds is 4. The molecule has 3 rings (SSSR count). The molecule has 0 spiro atoms. The van der Waals surface area contributed by atoms with E-state index in [1.54, 1.807) is 43.0 Å². The highest BCUT2D eigenvalue weighted by Crippen LogP contribution is 2.21. The second-order valence-corrected chi connectivity index (χ2v) is 4.16. The second kappa shape index (κ2) is 5.45. The highest BCUT2D eigenvalue weighted by molar-refractivity contribution is 5.92. The van der Waals surface area contributed by atoms with Crippen LogP contribution in [0, 0.1) is 0 Å². The van der Waals surface area contributed by atoms with Crippen molar-refractivity contribution in [1.82, 2.24) is 29.9 Å². The molecule has 0 fully saturated rings. The van der Waals surface area contributed by atoms with E-state index in [1.165, 1.54) is 4.68 Å². The Balaban J connectivity index is 2.07. The van der Waals surface area contributed by atoms with Crippen LogP contribution in [-0.4, -0.2) is 41.0 Å². The average Bonchev–Trinajstić information content (AvgIpc) is 2.93. The number of hydrogen-bond donors (Lipinski definition) is 1. The maximum absolute atomic E-state index is 11.3. The van der Waals surface area contributed by atoms with Gasteiger partial charge in [-0.1, -0.05) is 5.21 Å². The van der Waals surface area contributed by atoms with Crippen LogP contribution in [0.4, 0.5) is 0 Å². The van der Waals surface area contributed by atoms with E-state index in [0.29, 0.717) is 17.1 Å². The highest BCUT2D eigenvalue weighted by atomic mass is 16.4. The van der Waals surface area contributed by atoms with E-state index >= 15 is 0 Å². The van der Waals surface area contributed by atoms with E-state index in [1.807, 2.05) is 0 Å². The molecular weight excluding hydrogens is 272 g/mol. The van der Waals surface area contributed by atoms with Gasteiger partial charge in [-0.3, -0.25) is 4.98 Å². The minimum atomic E-state index is -1.14. The maximum Gasteiger partial charge on any atom is 0.358 e. The first-order valence-electron chi connectivity index (χ1n) is 6.09. The van der Waals surface area contributed by atoms with Crippen LogP contribution >= 0.6 is 0 Å². The van der Waals surface area contributed by atoms with Gasteiger partial charge in [-0.25, -0.2) is 19.4 Å². The lowest BCUT2D eigenvalue weighted by molar-refractivity contribution is 0.0691. The lowest BCUT2D eigenvalue weighted by Gasteiger charge is -2.05. The lowest BCUT2D eigenvalue weighted by Crippen LogP contribution is -2.08. The van der Waals surface area contributed by atoms with Gasteiger partial charge in [0.25, 0.3) is 0 Å². The molecule has 0 radical (unpaired) electrons. The Morgan fingerprint density at radius 3 is 2.67 bits per heavy atom. The van der Waals surface area contributed by atoms with Gasteiger partial charge >= 0.3 is 5.97 Å². The zero-order chi connectivity index (χ0) is 14.7. The van der Waals surface area contributed by atoms with Crippen molar-refractivity contribution in [1.29, 1.82) is 0 Å². The molecule has 104 valence electrons. The Morgan fingerprint density at radius 1 is 1.19 bits per heavy atom. The van der Waals surface area contributed by atoms with Crippen molar-refractivity contribution in [2.75, 3.05) is 0 Å². The second-order valence-electron chi connectivity index (χ2n) is 4.16. The number of carbonyl (C=O) groups is 1. The summed E-state index contributed by atoms with van der Waals surface area (Å²) < 4.78 is 1.45. The smallest absolute Gasteiger partial charge is 0.358 e. The average molecular weight is 282 g/mol. The fourth-order valence-electron chi connectivity index (χ4n) is 1.90. The number of hydrogen-bond acceptors (Lipinski definition) is 6. The van der Waals surface area contributed by atoms with Crippen molar-refractivity contribution in [3.63, 3.8) is 0 Å². The van der Waals surface area contributed by atoms with E-state index in [-0.39, 0.29) is 12.2 Å². The van der Waals surface area contributed by atoms with E-state index in [9.17, 15) is 9.90 Å². The van der Waals surface area contributed by atoms with Gasteiger partial charge in [-0.05, 0) is 18.2 Å². The molecule has 1 N–H and O–H groups in total. The molecule has 0 aromatic carbocycles. The van der Waals surface area contributed by atoms with Gasteiger partial charge in [0.05, 0.1) is 0 Å². The molecule has 0 unspecified atom stereocenters. The number of pyridine rings is 1. The zero-order valence-corrected chi connectivity index (χ0v) is 10.8. The van der Waals surface area contributed by atoms with Gasteiger partial charge in [-0.2, -0.15) is 0 Å². The van der Waals surface area contributed by atoms with E-state index < -0.39 is 5.97 Å². The first-order chi connectivity index (χ1) is 10.3. The first-order valence-corrected chi connectivity index (χ1v) is 6.09. The molecule has 21 heavy (non-hydrogen) atoms. The summed E-state index contributed by atoms with van der Waals surface area (Å²) in [5.41, 5.74) is 0.873. The molecule has 8 nitrogen and oxygen atoms in total. The molecule has 0 saturated heterocycles. The molecule has 0 saturated carbocycles. The van der Waals surface area contributed by atoms with Crippen LogP contribution in [-0.2, 0) is 6.54 Å². The van der Waals surface area contributed by atoms with Crippen molar-refractivity contribution < 1.29 is 9.90 Å². The number of nitrogens with zero attached hydrogens (tertiary/aromatic N) is 6. The van der Waals surface area contributed by atoms with Crippen molar-refractivity contribution in [2.24, 2.45) is 0 Å². The van der Waals surface area contributed by atoms with Crippen LogP contribution in [0.2, 0.25) is 0 Å². The number of aromatic carboxylic acids is 1. The van der Waals surface area contributed by atoms with Crippen LogP contribution in [0.25, 0.3) is 11.3 Å². The fraction of sp³-hybridized carbons (Fsp3) is 0.0769. The predicted molar refractivity (Wildman–Crippen MR) is 71.3 cm³/mol. The quantitative estimate of drug-likeness (QED) is 0.756. The Labute approximate surface area is 119 Å². The largest absolute Gasteiger partial charge is 0.476 e. The predicted octanol–water partition coefficient (Wildman–Crippen LogP) is 0.877. The van der Waals surface area contributed by atoms with Gasteiger partial charge in [0.15, 0.2) is 5.69 Å². The Kier molecular flexibility index (Phi) is 3.34. The molecule has 3 heterocycles. The summed E-state index contributed by atoms with van der Waals surface area (Å²) >= 11 is 0. The molecule has 0 amide bonds. The molecule has 0 aliphatic carbocycles. The molecule has 0 aliphatic rings. The van der Waals surface area contributed by atoms with Gasteiger partial charge < -0.3 is 5.11 Å². The monoisotopic (exact) mass is 282 g/mol. The molecule has 8 heteroatoms. The van der Waals surface area contributed by atoms with Crippen molar-refractivity contribution in [2.45, 2.75) is 6.54 Å². The van der Waals surface area contributed by atoms with Gasteiger partial charge in [-0.15, -0.1) is 5.10 Å². The lowest BCUT2D eigenvalue weighted by atomic mass is 10.1. The zero-order valence-electron chi connectivity index (χ0n) is 10.8. The summed E-state index contributed by atoms with van der Waals surface area (Å²) in [6.07, 6.45) is 6.40. The Hall–Kier alpha value is -3.16. The van der Waals surface area contributed by atoms with Crippen LogP contribution in [0.1, 0.15) is 16.3 Å². The van der Waals surface area contributed by atoms with Crippen molar-refractivity contribution in [3.8, 4) is 11.3 Å². The summed E-state index contributed by atoms with van der Waals surface area (Å²) in [5.74, 6) is -0.626. The summed E-state index contributed by atoms with van der Waals surface area (Å²) in [6, 6.07) is 5.17. The third-order valence-electron chi connectivity index (χ3n) is 2.78. The Bertz CT molecular complexity index is 757. The highest BCUT2D eigenvalue weighted by Gasteiger charge is 2.21. The third kappa shape index (κ3) is 2.59. The van der Waals surface area contributed by atoms with Crippen LogP contribution in [0.3, 0.4) is 0 Å². The SMILES string of the molecule is O=C(O)c1nnn(Cc2ncccn2)c1-c1cccnc1. The number of aromatic nitrogens is 6. The molecule has 0 bridgehead atoms. The van der Waals surface area contributed by atoms with Gasteiger partial charge in [0.1, 0.15) is 18.1 Å². The van der Waals surface area contributed by atoms with Crippen LogP contribution < -0.4 is 0 Å². The minimum Gasteiger partial charge on any atom is -0.476 e. The molecular formula is C13H10N6O2. The first kappa shape index (κ1) is 12.9. The van der Waals surface area contributed by atoms with E-state index in [0.717, 1.165) is 0 Å². The van der Waals surface area contributed by atoms with Crippen molar-refractivity contribution >= 4 is 5.97 Å². The van der Waals surface area contributed by atoms with E-state index in [2.05, 4.69) is 25.3 Å². The topological polar surface area (TPSA) is 107 Å². The standard InChI is InChI=1S/C13H10N6O2/c20-13(21)11-12(9-3-1-4-14-7-9)19(18-17-11)8-10-15-5-2-6-16-10/h1-7H,8H2,(H,20,21). The molecule has 3 aromatic rings. The van der Waals surface area contributed by atoms with Gasteiger partial charge in [0, 0.05) is 30.4 Å². The van der Waals surface area contributed by atoms with Gasteiger partial charge in [0.2, 0.25) is 0 Å². The fourth-order valence-corrected chi connectivity index (χ4v) is 1.90.